The summed E-state index contributed by atoms with van der Waals surface area (Å²) >= 11 is 1.53. The number of thiazole rings is 1. The number of hydrogen-bond donors (Lipinski definition) is 1. The van der Waals surface area contributed by atoms with E-state index < -0.39 is 11.6 Å². The molecule has 0 radical (unpaired) electrons. The normalized spacial score (nSPS) is 14.1. The number of aromatic nitrogens is 1. The van der Waals surface area contributed by atoms with Crippen LogP contribution >= 0.6 is 11.3 Å². The van der Waals surface area contributed by atoms with Crippen LogP contribution in [0.15, 0.2) is 52.8 Å². The molecule has 4 rings (SSSR count). The topological polar surface area (TPSA) is 37.3 Å². The number of benzene rings is 2. The van der Waals surface area contributed by atoms with Gasteiger partial charge >= 0.3 is 0 Å². The molecule has 2 aromatic carbocycles. The highest BCUT2D eigenvalue weighted by atomic mass is 32.1. The van der Waals surface area contributed by atoms with Crippen molar-refractivity contribution in [2.45, 2.75) is 25.7 Å². The second-order valence-electron chi connectivity index (χ2n) is 6.52. The Morgan fingerprint density at radius 1 is 1.04 bits per heavy atom. The molecule has 0 bridgehead atoms. The first-order chi connectivity index (χ1) is 13.2. The molecule has 0 aliphatic carbocycles. The van der Waals surface area contributed by atoms with E-state index in [0.717, 1.165) is 59.7 Å². The van der Waals surface area contributed by atoms with Crippen molar-refractivity contribution in [3.8, 4) is 11.3 Å². The Labute approximate surface area is 160 Å². The minimum atomic E-state index is -0.564. The average molecular weight is 383 g/mol. The summed E-state index contributed by atoms with van der Waals surface area (Å²) in [4.78, 5) is 9.18. The van der Waals surface area contributed by atoms with Crippen molar-refractivity contribution in [1.82, 2.24) is 4.98 Å². The smallest absolute Gasteiger partial charge is 0.188 e. The van der Waals surface area contributed by atoms with Crippen LogP contribution in [0.25, 0.3) is 11.3 Å². The third kappa shape index (κ3) is 4.22. The average Bonchev–Trinajstić information content (AvgIpc) is 3.13. The van der Waals surface area contributed by atoms with Crippen molar-refractivity contribution in [3.63, 3.8) is 0 Å². The zero-order valence-electron chi connectivity index (χ0n) is 14.7. The Morgan fingerprint density at radius 2 is 1.93 bits per heavy atom. The van der Waals surface area contributed by atoms with Crippen LogP contribution in [-0.2, 0) is 6.42 Å². The molecule has 2 heterocycles. The number of rotatable bonds is 4. The highest BCUT2D eigenvalue weighted by Gasteiger charge is 2.13. The van der Waals surface area contributed by atoms with Crippen LogP contribution in [0.3, 0.4) is 0 Å². The molecule has 6 heteroatoms. The first-order valence-electron chi connectivity index (χ1n) is 8.97. The number of anilines is 1. The van der Waals surface area contributed by atoms with Crippen molar-refractivity contribution in [3.05, 3.63) is 70.6 Å². The van der Waals surface area contributed by atoms with E-state index in [1.165, 1.54) is 23.5 Å². The van der Waals surface area contributed by atoms with Crippen LogP contribution in [0, 0.1) is 11.6 Å². The van der Waals surface area contributed by atoms with Gasteiger partial charge < -0.3 is 5.32 Å². The molecule has 0 unspecified atom stereocenters. The van der Waals surface area contributed by atoms with Crippen molar-refractivity contribution in [2.75, 3.05) is 11.9 Å². The van der Waals surface area contributed by atoms with Crippen LogP contribution < -0.4 is 5.32 Å². The van der Waals surface area contributed by atoms with Crippen LogP contribution in [0.5, 0.6) is 0 Å². The molecule has 27 heavy (non-hydrogen) atoms. The molecule has 1 aliphatic heterocycles. The summed E-state index contributed by atoms with van der Waals surface area (Å²) in [6.45, 7) is 0.868. The molecule has 3 nitrogen and oxygen atoms in total. The van der Waals surface area contributed by atoms with E-state index in [1.807, 2.05) is 29.6 Å². The Bertz CT molecular complexity index is 981. The van der Waals surface area contributed by atoms with Gasteiger partial charge in [0.15, 0.2) is 5.13 Å². The zero-order valence-corrected chi connectivity index (χ0v) is 15.5. The van der Waals surface area contributed by atoms with E-state index in [9.17, 15) is 8.78 Å². The summed E-state index contributed by atoms with van der Waals surface area (Å²) in [5.74, 6) is -0.102. The highest BCUT2D eigenvalue weighted by Crippen LogP contribution is 2.30. The maximum absolute atomic E-state index is 14.1. The highest BCUT2D eigenvalue weighted by molar-refractivity contribution is 7.14. The molecule has 1 aliphatic rings. The lowest BCUT2D eigenvalue weighted by Gasteiger charge is -2.11. The number of amidine groups is 1. The fourth-order valence-electron chi connectivity index (χ4n) is 3.17. The summed E-state index contributed by atoms with van der Waals surface area (Å²) in [6.07, 6.45) is 3.63. The van der Waals surface area contributed by atoms with E-state index in [4.69, 9.17) is 0 Å². The van der Waals surface area contributed by atoms with Crippen molar-refractivity contribution in [2.24, 2.45) is 4.99 Å². The molecule has 138 valence electrons. The number of nitrogens with zero attached hydrogens (tertiary/aromatic N) is 2. The van der Waals surface area contributed by atoms with Gasteiger partial charge in [0.05, 0.1) is 5.69 Å². The van der Waals surface area contributed by atoms with Gasteiger partial charge in [-0.2, -0.15) is 0 Å². The van der Waals surface area contributed by atoms with Crippen molar-refractivity contribution in [1.29, 1.82) is 0 Å². The summed E-state index contributed by atoms with van der Waals surface area (Å²) in [5.41, 5.74) is 3.22. The van der Waals surface area contributed by atoms with Gasteiger partial charge in [0.1, 0.15) is 17.5 Å². The molecule has 0 saturated heterocycles. The maximum Gasteiger partial charge on any atom is 0.188 e. The number of halogens is 2. The van der Waals surface area contributed by atoms with Gasteiger partial charge in [0.25, 0.3) is 0 Å². The van der Waals surface area contributed by atoms with Crippen LogP contribution in [0.1, 0.15) is 30.4 Å². The summed E-state index contributed by atoms with van der Waals surface area (Å²) in [7, 11) is 0. The molecule has 0 amide bonds. The monoisotopic (exact) mass is 383 g/mol. The minimum Gasteiger partial charge on any atom is -0.320 e. The molecule has 1 aromatic heterocycles. The van der Waals surface area contributed by atoms with E-state index in [2.05, 4.69) is 15.3 Å². The zero-order chi connectivity index (χ0) is 18.6. The molecule has 0 fully saturated rings. The summed E-state index contributed by atoms with van der Waals surface area (Å²) < 4.78 is 27.2. The standard InChI is InChI=1S/C21H19F2N3S/c22-16-9-8-15(18(23)12-16)11-14-5-1-2-6-17(14)19-13-27-21(25-19)26-20-7-3-4-10-24-20/h1-2,5-6,8-9,12-13H,3-4,7,10-11H2,(H,24,25,26). The molecule has 0 spiro atoms. The van der Waals surface area contributed by atoms with Gasteiger partial charge in [-0.05, 0) is 30.0 Å². The Balaban J connectivity index is 1.58. The molecule has 3 aromatic rings. The molecule has 0 atom stereocenters. The Kier molecular flexibility index (Phi) is 5.25. The fraction of sp³-hybridized carbons (Fsp3) is 0.238. The molecular weight excluding hydrogens is 364 g/mol. The second kappa shape index (κ2) is 7.96. The largest absolute Gasteiger partial charge is 0.320 e. The molecular formula is C21H19F2N3S. The van der Waals surface area contributed by atoms with Gasteiger partial charge in [-0.15, -0.1) is 11.3 Å². The quantitative estimate of drug-likeness (QED) is 0.630. The van der Waals surface area contributed by atoms with E-state index in [1.54, 1.807) is 0 Å². The first-order valence-corrected chi connectivity index (χ1v) is 9.85. The van der Waals surface area contributed by atoms with Gasteiger partial charge in [-0.1, -0.05) is 30.3 Å². The van der Waals surface area contributed by atoms with Crippen LogP contribution in [-0.4, -0.2) is 17.4 Å². The van der Waals surface area contributed by atoms with Gasteiger partial charge in [0, 0.05) is 36.4 Å². The van der Waals surface area contributed by atoms with Crippen molar-refractivity contribution < 1.29 is 8.78 Å². The molecule has 1 N–H and O–H groups in total. The first kappa shape index (κ1) is 17.8. The van der Waals surface area contributed by atoms with Crippen molar-refractivity contribution >= 4 is 22.3 Å². The molecule has 0 saturated carbocycles. The Morgan fingerprint density at radius 3 is 2.74 bits per heavy atom. The fourth-order valence-corrected chi connectivity index (χ4v) is 3.90. The number of aliphatic imine (C=N–C) groups is 1. The predicted molar refractivity (Wildman–Crippen MR) is 106 cm³/mol. The lowest BCUT2D eigenvalue weighted by molar-refractivity contribution is 0.574. The SMILES string of the molecule is Fc1ccc(Cc2ccccc2-c2csc(NC3=NCCCC3)n2)c(F)c1. The number of hydrogen-bond acceptors (Lipinski definition) is 4. The van der Waals surface area contributed by atoms with E-state index in [-0.39, 0.29) is 0 Å². The second-order valence-corrected chi connectivity index (χ2v) is 7.38. The van der Waals surface area contributed by atoms with E-state index >= 15 is 0 Å². The van der Waals surface area contributed by atoms with Gasteiger partial charge in [-0.3, -0.25) is 4.99 Å². The van der Waals surface area contributed by atoms with Gasteiger partial charge in [0.2, 0.25) is 0 Å². The minimum absolute atomic E-state index is 0.384. The Hall–Kier alpha value is -2.60. The lowest BCUT2D eigenvalue weighted by atomic mass is 9.98. The third-order valence-electron chi connectivity index (χ3n) is 4.57. The third-order valence-corrected chi connectivity index (χ3v) is 5.33. The van der Waals surface area contributed by atoms with Crippen LogP contribution in [0.2, 0.25) is 0 Å². The van der Waals surface area contributed by atoms with E-state index in [0.29, 0.717) is 12.0 Å². The predicted octanol–water partition coefficient (Wildman–Crippen LogP) is 5.67. The summed E-state index contributed by atoms with van der Waals surface area (Å²) in [6, 6.07) is 11.5. The van der Waals surface area contributed by atoms with Crippen LogP contribution in [0.4, 0.5) is 13.9 Å². The maximum atomic E-state index is 14.1. The summed E-state index contributed by atoms with van der Waals surface area (Å²) in [5, 5.41) is 6.12. The number of nitrogens with one attached hydrogen (secondary N) is 1. The lowest BCUT2D eigenvalue weighted by Crippen LogP contribution is -2.15. The van der Waals surface area contributed by atoms with Gasteiger partial charge in [-0.25, -0.2) is 13.8 Å².